The first kappa shape index (κ1) is 23.4. The van der Waals surface area contributed by atoms with Crippen LogP contribution in [0, 0.1) is 0 Å². The van der Waals surface area contributed by atoms with Crippen molar-refractivity contribution in [3.63, 3.8) is 0 Å². The maximum atomic E-state index is 12.7. The normalized spacial score (nSPS) is 14.3. The highest BCUT2D eigenvalue weighted by Gasteiger charge is 2.21. The Morgan fingerprint density at radius 1 is 1.25 bits per heavy atom. The smallest absolute Gasteiger partial charge is 0.253 e. The number of benzene rings is 1. The van der Waals surface area contributed by atoms with Crippen molar-refractivity contribution in [2.75, 3.05) is 33.7 Å². The summed E-state index contributed by atoms with van der Waals surface area (Å²) < 4.78 is 0. The van der Waals surface area contributed by atoms with Gasteiger partial charge in [-0.25, -0.2) is 5.84 Å². The molecular weight excluding hydrogens is 404 g/mol. The van der Waals surface area contributed by atoms with E-state index in [0.717, 1.165) is 34.2 Å². The molecule has 1 aliphatic rings. The van der Waals surface area contributed by atoms with Crippen LogP contribution >= 0.6 is 0 Å². The van der Waals surface area contributed by atoms with E-state index in [2.05, 4.69) is 31.0 Å². The van der Waals surface area contributed by atoms with Crippen molar-refractivity contribution in [3.8, 4) is 0 Å². The fourth-order valence-corrected chi connectivity index (χ4v) is 4.00. The Hall–Kier alpha value is -3.26. The molecule has 0 unspecified atom stereocenters. The lowest BCUT2D eigenvalue weighted by atomic mass is 9.97. The molecule has 0 radical (unpaired) electrons. The van der Waals surface area contributed by atoms with Crippen LogP contribution in [-0.2, 0) is 4.79 Å². The number of aromatic amines is 1. The zero-order chi connectivity index (χ0) is 23.4. The molecule has 2 heterocycles. The highest BCUT2D eigenvalue weighted by atomic mass is 16.2. The molecule has 0 saturated heterocycles. The van der Waals surface area contributed by atoms with Gasteiger partial charge in [0.15, 0.2) is 0 Å². The van der Waals surface area contributed by atoms with Crippen LogP contribution in [0.2, 0.25) is 0 Å². The number of nitrogens with one attached hydrogen (secondary N) is 1. The number of amides is 2. The van der Waals surface area contributed by atoms with Crippen LogP contribution in [0.25, 0.3) is 16.5 Å². The number of nitrogens with two attached hydrogens (primary N) is 2. The maximum absolute atomic E-state index is 12.7. The zero-order valence-corrected chi connectivity index (χ0v) is 19.4. The van der Waals surface area contributed by atoms with Gasteiger partial charge in [-0.3, -0.25) is 9.59 Å². The molecule has 0 bridgehead atoms. The molecule has 2 aromatic rings. The second-order valence-electron chi connectivity index (χ2n) is 8.73. The molecule has 5 N–H and O–H groups in total. The van der Waals surface area contributed by atoms with Crippen LogP contribution in [0.4, 0.5) is 0 Å². The van der Waals surface area contributed by atoms with Crippen LogP contribution in [-0.4, -0.2) is 65.3 Å². The fourth-order valence-electron chi connectivity index (χ4n) is 4.00. The Balaban J connectivity index is 1.84. The molecule has 1 aromatic heterocycles. The summed E-state index contributed by atoms with van der Waals surface area (Å²) in [5.41, 5.74) is 10.2. The van der Waals surface area contributed by atoms with Crippen LogP contribution in [0.1, 0.15) is 54.2 Å². The molecule has 2 amide bonds. The van der Waals surface area contributed by atoms with Gasteiger partial charge in [0.25, 0.3) is 5.91 Å². The first-order chi connectivity index (χ1) is 15.2. The quantitative estimate of drug-likeness (QED) is 0.454. The second kappa shape index (κ2) is 9.91. The third-order valence-electron chi connectivity index (χ3n) is 5.75. The molecule has 8 heteroatoms. The fraction of sp³-hybridized carbons (Fsp3) is 0.417. The monoisotopic (exact) mass is 438 g/mol. The van der Waals surface area contributed by atoms with Gasteiger partial charge in [0.05, 0.1) is 0 Å². The highest BCUT2D eigenvalue weighted by molar-refractivity contribution is 6.00. The Labute approximate surface area is 189 Å². The molecule has 172 valence electrons. The Bertz CT molecular complexity index is 1050. The summed E-state index contributed by atoms with van der Waals surface area (Å²) in [6.07, 6.45) is 6.20. The number of rotatable bonds is 7. The molecule has 1 aromatic carbocycles. The Kier molecular flexibility index (Phi) is 7.25. The number of fused-ring (bicyclic) bond motifs is 1. The molecule has 1 aliphatic heterocycles. The summed E-state index contributed by atoms with van der Waals surface area (Å²) in [6.45, 7) is 5.90. The molecule has 3 rings (SSSR count). The summed E-state index contributed by atoms with van der Waals surface area (Å²) in [5.74, 6) is 6.08. The van der Waals surface area contributed by atoms with Crippen molar-refractivity contribution in [1.29, 1.82) is 0 Å². The molecule has 0 fully saturated rings. The van der Waals surface area contributed by atoms with Gasteiger partial charge in [-0.1, -0.05) is 19.9 Å². The van der Waals surface area contributed by atoms with E-state index in [1.807, 2.05) is 17.0 Å². The number of nitrogens with zero attached hydrogens (tertiary/aromatic N) is 3. The number of hydrogen-bond donors (Lipinski definition) is 3. The summed E-state index contributed by atoms with van der Waals surface area (Å²) in [5, 5.41) is 2.42. The second-order valence-corrected chi connectivity index (χ2v) is 8.73. The molecule has 32 heavy (non-hydrogen) atoms. The standard InChI is InChI=1S/C24H34N6O2/c1-16(2)20-13-19(24(32)28(3)4)12-18-14-21(27-23(18)20)17-6-5-9-29(15-17)22(31)7-10-30(26)11-8-25/h6,8,11-14,16,27H,5,7,9-10,15,25-26H2,1-4H3/b11-8-. The lowest BCUT2D eigenvalue weighted by Gasteiger charge is -2.28. The maximum Gasteiger partial charge on any atom is 0.253 e. The predicted molar refractivity (Wildman–Crippen MR) is 128 cm³/mol. The molecule has 0 aliphatic carbocycles. The molecule has 0 spiro atoms. The zero-order valence-electron chi connectivity index (χ0n) is 19.4. The Morgan fingerprint density at radius 2 is 2.00 bits per heavy atom. The first-order valence-corrected chi connectivity index (χ1v) is 11.0. The van der Waals surface area contributed by atoms with Gasteiger partial charge in [0, 0.05) is 74.7 Å². The van der Waals surface area contributed by atoms with E-state index in [1.165, 1.54) is 11.2 Å². The minimum atomic E-state index is -0.0105. The Morgan fingerprint density at radius 3 is 2.66 bits per heavy atom. The summed E-state index contributed by atoms with van der Waals surface area (Å²) in [6, 6.07) is 6.01. The van der Waals surface area contributed by atoms with E-state index >= 15 is 0 Å². The van der Waals surface area contributed by atoms with Crippen molar-refractivity contribution in [3.05, 3.63) is 53.5 Å². The SMILES string of the molecule is CC(C)c1cc(C(=O)N(C)C)cc2cc(C3=CCCN(C(=O)CCN(N)/C=C\N)C3)[nH]c12. The van der Waals surface area contributed by atoms with Crippen LogP contribution in [0.3, 0.4) is 0 Å². The van der Waals surface area contributed by atoms with Crippen LogP contribution in [0.5, 0.6) is 0 Å². The summed E-state index contributed by atoms with van der Waals surface area (Å²) in [4.78, 5) is 32.3. The van der Waals surface area contributed by atoms with Crippen LogP contribution in [0.15, 0.2) is 36.7 Å². The van der Waals surface area contributed by atoms with E-state index in [0.29, 0.717) is 31.6 Å². The van der Waals surface area contributed by atoms with Gasteiger partial charge in [-0.2, -0.15) is 0 Å². The average Bonchev–Trinajstić information content (AvgIpc) is 3.20. The largest absolute Gasteiger partial charge is 0.403 e. The van der Waals surface area contributed by atoms with Crippen molar-refractivity contribution in [1.82, 2.24) is 19.8 Å². The number of carbonyl (C=O) groups is 2. The average molecular weight is 439 g/mol. The van der Waals surface area contributed by atoms with Gasteiger partial charge < -0.3 is 25.5 Å². The van der Waals surface area contributed by atoms with E-state index in [-0.39, 0.29) is 17.7 Å². The van der Waals surface area contributed by atoms with Crippen molar-refractivity contribution >= 4 is 28.3 Å². The minimum Gasteiger partial charge on any atom is -0.403 e. The topological polar surface area (TPSA) is 112 Å². The van der Waals surface area contributed by atoms with E-state index in [9.17, 15) is 9.59 Å². The van der Waals surface area contributed by atoms with Crippen molar-refractivity contribution in [2.24, 2.45) is 11.6 Å². The van der Waals surface area contributed by atoms with E-state index in [1.54, 1.807) is 25.2 Å². The number of aromatic nitrogens is 1. The van der Waals surface area contributed by atoms with E-state index < -0.39 is 0 Å². The molecule has 0 saturated carbocycles. The molecular formula is C24H34N6O2. The third kappa shape index (κ3) is 5.13. The minimum absolute atomic E-state index is 0.0105. The van der Waals surface area contributed by atoms with E-state index in [4.69, 9.17) is 11.6 Å². The molecule has 0 atom stereocenters. The highest BCUT2D eigenvalue weighted by Crippen LogP contribution is 2.31. The van der Waals surface area contributed by atoms with Crippen molar-refractivity contribution in [2.45, 2.75) is 32.6 Å². The number of carbonyl (C=O) groups excluding carboxylic acids is 2. The van der Waals surface area contributed by atoms with Gasteiger partial charge >= 0.3 is 0 Å². The van der Waals surface area contributed by atoms with Crippen molar-refractivity contribution < 1.29 is 9.59 Å². The molecule has 8 nitrogen and oxygen atoms in total. The van der Waals surface area contributed by atoms with Gasteiger partial charge in [0.2, 0.25) is 5.91 Å². The van der Waals surface area contributed by atoms with Gasteiger partial charge in [0.1, 0.15) is 0 Å². The number of hydrazine groups is 1. The van der Waals surface area contributed by atoms with Gasteiger partial charge in [-0.05, 0) is 41.7 Å². The van der Waals surface area contributed by atoms with Crippen LogP contribution < -0.4 is 11.6 Å². The summed E-state index contributed by atoms with van der Waals surface area (Å²) in [7, 11) is 3.53. The lowest BCUT2D eigenvalue weighted by Crippen LogP contribution is -2.38. The lowest BCUT2D eigenvalue weighted by molar-refractivity contribution is -0.130. The first-order valence-electron chi connectivity index (χ1n) is 11.0. The summed E-state index contributed by atoms with van der Waals surface area (Å²) >= 11 is 0. The number of H-pyrrole nitrogens is 1. The predicted octanol–water partition coefficient (Wildman–Crippen LogP) is 2.60. The van der Waals surface area contributed by atoms with Gasteiger partial charge in [-0.15, -0.1) is 0 Å². The number of hydrogen-bond acceptors (Lipinski definition) is 5. The third-order valence-corrected chi connectivity index (χ3v) is 5.75.